The fourth-order valence-electron chi connectivity index (χ4n) is 2.24. The van der Waals surface area contributed by atoms with Crippen molar-refractivity contribution in [3.05, 3.63) is 65.3 Å². The topological polar surface area (TPSA) is 57.8 Å². The molecule has 0 radical (unpaired) electrons. The molecule has 0 bridgehead atoms. The second kappa shape index (κ2) is 7.76. The van der Waals surface area contributed by atoms with E-state index in [-0.39, 0.29) is 11.2 Å². The van der Waals surface area contributed by atoms with Crippen molar-refractivity contribution in [2.24, 2.45) is 0 Å². The molecule has 6 heteroatoms. The van der Waals surface area contributed by atoms with Crippen molar-refractivity contribution >= 4 is 35.0 Å². The number of carbonyl (C=O) groups is 1. The molecule has 0 aliphatic heterocycles. The van der Waals surface area contributed by atoms with Gasteiger partial charge in [-0.05, 0) is 43.7 Å². The van der Waals surface area contributed by atoms with Gasteiger partial charge in [0.25, 0.3) is 0 Å². The zero-order valence-corrected chi connectivity index (χ0v) is 15.5. The summed E-state index contributed by atoms with van der Waals surface area (Å²) in [5.74, 6) is -0.0571. The normalized spacial score (nSPS) is 12.0. The largest absolute Gasteiger partial charge is 0.333 e. The number of nitrogens with one attached hydrogen (secondary N) is 2. The maximum absolute atomic E-state index is 12.3. The Kier molecular flexibility index (Phi) is 5.46. The van der Waals surface area contributed by atoms with Crippen LogP contribution in [0.5, 0.6) is 0 Å². The van der Waals surface area contributed by atoms with Gasteiger partial charge in [0.15, 0.2) is 5.16 Å². The Morgan fingerprint density at radius 1 is 1.16 bits per heavy atom. The number of aromatic amines is 1. The fourth-order valence-corrected chi connectivity index (χ4v) is 3.15. The Morgan fingerprint density at radius 2 is 1.84 bits per heavy atom. The van der Waals surface area contributed by atoms with Crippen LogP contribution in [0, 0.1) is 6.92 Å². The highest BCUT2D eigenvalue weighted by Crippen LogP contribution is 2.26. The van der Waals surface area contributed by atoms with Gasteiger partial charge in [-0.25, -0.2) is 4.98 Å². The van der Waals surface area contributed by atoms with Gasteiger partial charge >= 0.3 is 0 Å². The minimum atomic E-state index is -0.273. The molecule has 128 valence electrons. The van der Waals surface area contributed by atoms with Crippen LogP contribution >= 0.6 is 23.4 Å². The van der Waals surface area contributed by atoms with E-state index in [9.17, 15) is 4.79 Å². The minimum Gasteiger partial charge on any atom is -0.333 e. The van der Waals surface area contributed by atoms with Gasteiger partial charge in [-0.15, -0.1) is 0 Å². The first-order valence-electron chi connectivity index (χ1n) is 7.86. The molecule has 1 heterocycles. The summed E-state index contributed by atoms with van der Waals surface area (Å²) in [6, 6.07) is 15.3. The smallest absolute Gasteiger partial charge is 0.237 e. The maximum atomic E-state index is 12.3. The summed E-state index contributed by atoms with van der Waals surface area (Å²) < 4.78 is 0. The Hall–Kier alpha value is -2.24. The van der Waals surface area contributed by atoms with E-state index in [4.69, 9.17) is 11.6 Å². The minimum absolute atomic E-state index is 0.0571. The SMILES string of the molecule is Cc1ccc(NC(=O)[C@@H](C)Sc2ncc(-c3ccc(Cl)cc3)[nH]2)cc1. The van der Waals surface area contributed by atoms with E-state index >= 15 is 0 Å². The van der Waals surface area contributed by atoms with Crippen molar-refractivity contribution in [3.8, 4) is 11.3 Å². The molecule has 0 fully saturated rings. The molecule has 1 atom stereocenters. The first-order chi connectivity index (χ1) is 12.0. The lowest BCUT2D eigenvalue weighted by molar-refractivity contribution is -0.115. The number of anilines is 1. The Labute approximate surface area is 156 Å². The van der Waals surface area contributed by atoms with Gasteiger partial charge in [-0.3, -0.25) is 4.79 Å². The number of hydrogen-bond donors (Lipinski definition) is 2. The zero-order chi connectivity index (χ0) is 17.8. The van der Waals surface area contributed by atoms with E-state index in [1.807, 2.05) is 62.4 Å². The Morgan fingerprint density at radius 3 is 2.52 bits per heavy atom. The number of amides is 1. The van der Waals surface area contributed by atoms with E-state index in [0.717, 1.165) is 22.5 Å². The van der Waals surface area contributed by atoms with Crippen molar-refractivity contribution in [3.63, 3.8) is 0 Å². The van der Waals surface area contributed by atoms with Crippen LogP contribution in [0.15, 0.2) is 59.9 Å². The fraction of sp³-hybridized carbons (Fsp3) is 0.158. The first-order valence-corrected chi connectivity index (χ1v) is 9.12. The number of imidazole rings is 1. The van der Waals surface area contributed by atoms with Crippen molar-refractivity contribution < 1.29 is 4.79 Å². The molecule has 2 aromatic carbocycles. The standard InChI is InChI=1S/C19H18ClN3OS/c1-12-3-9-16(10-4-12)22-18(24)13(2)25-19-21-11-17(23-19)14-5-7-15(20)8-6-14/h3-11,13H,1-2H3,(H,21,23)(H,22,24)/t13-/m1/s1. The summed E-state index contributed by atoms with van der Waals surface area (Å²) in [6.07, 6.45) is 1.76. The lowest BCUT2D eigenvalue weighted by Gasteiger charge is -2.10. The molecular formula is C19H18ClN3OS. The Bertz CT molecular complexity index is 859. The van der Waals surface area contributed by atoms with Crippen LogP contribution in [0.1, 0.15) is 12.5 Å². The molecule has 3 rings (SSSR count). The van der Waals surface area contributed by atoms with Crippen LogP contribution in [-0.2, 0) is 4.79 Å². The molecular weight excluding hydrogens is 354 g/mol. The molecule has 0 saturated heterocycles. The number of hydrogen-bond acceptors (Lipinski definition) is 3. The average molecular weight is 372 g/mol. The summed E-state index contributed by atoms with van der Waals surface area (Å²) >= 11 is 7.30. The van der Waals surface area contributed by atoms with Gasteiger partial charge < -0.3 is 10.3 Å². The van der Waals surface area contributed by atoms with E-state index in [1.54, 1.807) is 6.20 Å². The van der Waals surface area contributed by atoms with Gasteiger partial charge in [0.05, 0.1) is 17.1 Å². The highest BCUT2D eigenvalue weighted by Gasteiger charge is 2.16. The van der Waals surface area contributed by atoms with Crippen LogP contribution in [0.3, 0.4) is 0 Å². The molecule has 1 amide bonds. The van der Waals surface area contributed by atoms with E-state index < -0.39 is 0 Å². The number of H-pyrrole nitrogens is 1. The molecule has 0 unspecified atom stereocenters. The molecule has 2 N–H and O–H groups in total. The van der Waals surface area contributed by atoms with Crippen LogP contribution in [0.25, 0.3) is 11.3 Å². The lowest BCUT2D eigenvalue weighted by Crippen LogP contribution is -2.22. The molecule has 0 saturated carbocycles. The van der Waals surface area contributed by atoms with Crippen molar-refractivity contribution in [1.29, 1.82) is 0 Å². The number of halogens is 1. The average Bonchev–Trinajstić information content (AvgIpc) is 3.06. The summed E-state index contributed by atoms with van der Waals surface area (Å²) in [5, 5.41) is 4.04. The highest BCUT2D eigenvalue weighted by atomic mass is 35.5. The number of aryl methyl sites for hydroxylation is 1. The van der Waals surface area contributed by atoms with Crippen LogP contribution in [-0.4, -0.2) is 21.1 Å². The zero-order valence-electron chi connectivity index (χ0n) is 13.9. The van der Waals surface area contributed by atoms with Gasteiger partial charge in [-0.1, -0.05) is 53.2 Å². The molecule has 1 aromatic heterocycles. The number of benzene rings is 2. The van der Waals surface area contributed by atoms with E-state index in [0.29, 0.717) is 10.2 Å². The molecule has 25 heavy (non-hydrogen) atoms. The maximum Gasteiger partial charge on any atom is 0.237 e. The quantitative estimate of drug-likeness (QED) is 0.609. The van der Waals surface area contributed by atoms with Gasteiger partial charge in [0.1, 0.15) is 0 Å². The van der Waals surface area contributed by atoms with Crippen molar-refractivity contribution in [2.45, 2.75) is 24.3 Å². The lowest BCUT2D eigenvalue weighted by atomic mass is 10.2. The molecule has 0 aliphatic rings. The van der Waals surface area contributed by atoms with Crippen LogP contribution in [0.2, 0.25) is 5.02 Å². The second-order valence-corrected chi connectivity index (χ2v) is 7.49. The summed E-state index contributed by atoms with van der Waals surface area (Å²) in [4.78, 5) is 19.9. The summed E-state index contributed by atoms with van der Waals surface area (Å²) in [6.45, 7) is 3.87. The van der Waals surface area contributed by atoms with Crippen LogP contribution in [0.4, 0.5) is 5.69 Å². The third-order valence-electron chi connectivity index (χ3n) is 3.68. The number of thioether (sulfide) groups is 1. The number of rotatable bonds is 5. The van der Waals surface area contributed by atoms with Gasteiger partial charge in [0.2, 0.25) is 5.91 Å². The summed E-state index contributed by atoms with van der Waals surface area (Å²) in [7, 11) is 0. The second-order valence-electron chi connectivity index (χ2n) is 5.72. The third-order valence-corrected chi connectivity index (χ3v) is 4.93. The predicted molar refractivity (Wildman–Crippen MR) is 104 cm³/mol. The molecule has 0 aliphatic carbocycles. The molecule has 3 aromatic rings. The van der Waals surface area contributed by atoms with E-state index in [1.165, 1.54) is 11.8 Å². The monoisotopic (exact) mass is 371 g/mol. The first kappa shape index (κ1) is 17.6. The Balaban J connectivity index is 1.62. The van der Waals surface area contributed by atoms with Crippen molar-refractivity contribution in [1.82, 2.24) is 9.97 Å². The van der Waals surface area contributed by atoms with Gasteiger partial charge in [-0.2, -0.15) is 0 Å². The number of nitrogens with zero attached hydrogens (tertiary/aromatic N) is 1. The van der Waals surface area contributed by atoms with Gasteiger partial charge in [0, 0.05) is 10.7 Å². The van der Waals surface area contributed by atoms with Crippen LogP contribution < -0.4 is 5.32 Å². The molecule has 4 nitrogen and oxygen atoms in total. The third kappa shape index (κ3) is 4.65. The van der Waals surface area contributed by atoms with Crippen molar-refractivity contribution in [2.75, 3.05) is 5.32 Å². The predicted octanol–water partition coefficient (Wildman–Crippen LogP) is 5.16. The highest BCUT2D eigenvalue weighted by molar-refractivity contribution is 8.00. The summed E-state index contributed by atoms with van der Waals surface area (Å²) in [5.41, 5.74) is 3.85. The number of aromatic nitrogens is 2. The van der Waals surface area contributed by atoms with E-state index in [2.05, 4.69) is 15.3 Å². The number of carbonyl (C=O) groups excluding carboxylic acids is 1. The molecule has 0 spiro atoms.